The van der Waals surface area contributed by atoms with Crippen LogP contribution in [0.2, 0.25) is 5.02 Å². The van der Waals surface area contributed by atoms with Crippen LogP contribution < -0.4 is 5.55 Å². The van der Waals surface area contributed by atoms with Gasteiger partial charge in [0.25, 0.3) is 0 Å². The lowest BCUT2D eigenvalue weighted by molar-refractivity contribution is 0.0521. The number of carbonyl (C=O) groups is 1. The van der Waals surface area contributed by atoms with Crippen molar-refractivity contribution in [1.29, 1.82) is 10.7 Å². The molecule has 120 valence electrons. The third-order valence-corrected chi connectivity index (χ3v) is 3.64. The van der Waals surface area contributed by atoms with Gasteiger partial charge in [0, 0.05) is 10.6 Å². The van der Waals surface area contributed by atoms with E-state index in [1.54, 1.807) is 31.2 Å². The van der Waals surface area contributed by atoms with Crippen LogP contribution in [0.1, 0.15) is 23.0 Å². The molecule has 3 rings (SSSR count). The number of carbonyl (C=O) groups excluding carboxylic acids is 1. The second kappa shape index (κ2) is 6.18. The Labute approximate surface area is 140 Å². The fourth-order valence-electron chi connectivity index (χ4n) is 2.38. The molecule has 2 heterocycles. The second-order valence-corrected chi connectivity index (χ2v) is 5.24. The molecule has 0 spiro atoms. The summed E-state index contributed by atoms with van der Waals surface area (Å²) >= 11 is 5.91. The van der Waals surface area contributed by atoms with E-state index in [2.05, 4.69) is 10.2 Å². The summed E-state index contributed by atoms with van der Waals surface area (Å²) in [6.45, 7) is 1.87. The van der Waals surface area contributed by atoms with E-state index >= 15 is 0 Å². The first kappa shape index (κ1) is 15.8. The number of halogens is 1. The molecular weight excluding hydrogens is 332 g/mol. The van der Waals surface area contributed by atoms with E-state index in [-0.39, 0.29) is 29.1 Å². The molecule has 0 amide bonds. The summed E-state index contributed by atoms with van der Waals surface area (Å²) < 4.78 is 10.3. The highest BCUT2D eigenvalue weighted by atomic mass is 35.5. The summed E-state index contributed by atoms with van der Waals surface area (Å²) in [5, 5.41) is 24.6. The molecule has 1 aromatic carbocycles. The number of fused-ring (bicyclic) bond motifs is 1. The Hall–Kier alpha value is -3.11. The summed E-state index contributed by atoms with van der Waals surface area (Å²) in [5.41, 5.74) is 0.757. The minimum atomic E-state index is -0.618. The van der Waals surface area contributed by atoms with E-state index in [1.807, 2.05) is 6.07 Å². The third-order valence-electron chi connectivity index (χ3n) is 3.38. The van der Waals surface area contributed by atoms with Crippen LogP contribution in [0.5, 0.6) is 0 Å². The zero-order valence-corrected chi connectivity index (χ0v) is 13.3. The molecule has 0 saturated heterocycles. The molecule has 0 bridgehead atoms. The van der Waals surface area contributed by atoms with Crippen molar-refractivity contribution in [3.8, 4) is 17.2 Å². The maximum Gasteiger partial charge on any atom is 0.357 e. The molecule has 2 N–H and O–H groups in total. The number of aromatic amines is 1. The van der Waals surface area contributed by atoms with Crippen molar-refractivity contribution in [3.63, 3.8) is 0 Å². The van der Waals surface area contributed by atoms with Crippen LogP contribution in [0, 0.1) is 16.7 Å². The van der Waals surface area contributed by atoms with Crippen molar-refractivity contribution in [3.05, 3.63) is 46.1 Å². The molecule has 2 aromatic heterocycles. The average Bonchev–Trinajstić information content (AvgIpc) is 2.98. The first-order chi connectivity index (χ1) is 11.6. The molecule has 0 saturated carbocycles. The molecule has 24 heavy (non-hydrogen) atoms. The number of ether oxygens (including phenoxy) is 1. The molecule has 0 aliphatic heterocycles. The van der Waals surface area contributed by atoms with Crippen LogP contribution in [0.4, 0.5) is 0 Å². The molecule has 0 aliphatic rings. The van der Waals surface area contributed by atoms with Gasteiger partial charge in [-0.25, -0.2) is 4.79 Å². The van der Waals surface area contributed by atoms with Gasteiger partial charge in [-0.2, -0.15) is 5.26 Å². The zero-order chi connectivity index (χ0) is 17.3. The smallest absolute Gasteiger partial charge is 0.357 e. The van der Waals surface area contributed by atoms with E-state index < -0.39 is 5.97 Å². The summed E-state index contributed by atoms with van der Waals surface area (Å²) in [4.78, 5) is 12.2. The monoisotopic (exact) mass is 342 g/mol. The number of rotatable bonds is 3. The van der Waals surface area contributed by atoms with Crippen molar-refractivity contribution in [2.75, 3.05) is 6.61 Å². The van der Waals surface area contributed by atoms with Crippen molar-refractivity contribution >= 4 is 28.7 Å². The van der Waals surface area contributed by atoms with Crippen molar-refractivity contribution in [2.24, 2.45) is 0 Å². The number of esters is 1. The molecule has 7 nitrogen and oxygen atoms in total. The lowest BCUT2D eigenvalue weighted by Crippen LogP contribution is -2.09. The van der Waals surface area contributed by atoms with Crippen molar-refractivity contribution in [1.82, 2.24) is 10.2 Å². The van der Waals surface area contributed by atoms with E-state index in [9.17, 15) is 10.1 Å². The van der Waals surface area contributed by atoms with Gasteiger partial charge in [-0.15, -0.1) is 5.10 Å². The van der Waals surface area contributed by atoms with Crippen molar-refractivity contribution < 1.29 is 13.9 Å². The van der Waals surface area contributed by atoms with Crippen molar-refractivity contribution in [2.45, 2.75) is 6.92 Å². The Morgan fingerprint density at radius 1 is 1.46 bits per heavy atom. The molecule has 0 unspecified atom stereocenters. The molecule has 8 heteroatoms. The molecule has 0 aliphatic carbocycles. The van der Waals surface area contributed by atoms with Crippen LogP contribution in [0.3, 0.4) is 0 Å². The molecule has 0 radical (unpaired) electrons. The Morgan fingerprint density at radius 3 is 2.79 bits per heavy atom. The summed E-state index contributed by atoms with van der Waals surface area (Å²) in [6, 6.07) is 8.65. The quantitative estimate of drug-likeness (QED) is 0.710. The van der Waals surface area contributed by atoms with Gasteiger partial charge < -0.3 is 9.15 Å². The Bertz CT molecular complexity index is 1030. The summed E-state index contributed by atoms with van der Waals surface area (Å²) in [7, 11) is 0. The Morgan fingerprint density at radius 2 is 2.17 bits per heavy atom. The molecular formula is C16H11ClN4O3. The number of hydrogen-bond acceptors (Lipinski definition) is 6. The number of hydrogen-bond donors (Lipinski definition) is 2. The van der Waals surface area contributed by atoms with Crippen LogP contribution in [-0.2, 0) is 4.74 Å². The maximum absolute atomic E-state index is 12.2. The highest BCUT2D eigenvalue weighted by Gasteiger charge is 2.24. The van der Waals surface area contributed by atoms with Gasteiger partial charge in [-0.1, -0.05) is 23.7 Å². The molecule has 0 fully saturated rings. The highest BCUT2D eigenvalue weighted by Crippen LogP contribution is 2.32. The third kappa shape index (κ3) is 2.53. The van der Waals surface area contributed by atoms with Gasteiger partial charge in [0.05, 0.1) is 12.0 Å². The predicted molar refractivity (Wildman–Crippen MR) is 85.3 cm³/mol. The van der Waals surface area contributed by atoms with Gasteiger partial charge in [-0.3, -0.25) is 10.5 Å². The lowest BCUT2D eigenvalue weighted by Gasteiger charge is -2.07. The Balaban J connectivity index is 2.41. The number of nitrogens with one attached hydrogen (secondary N) is 2. The Kier molecular flexibility index (Phi) is 4.06. The van der Waals surface area contributed by atoms with Gasteiger partial charge in [0.2, 0.25) is 11.3 Å². The van der Waals surface area contributed by atoms with E-state index in [0.717, 1.165) is 0 Å². The van der Waals surface area contributed by atoms with Gasteiger partial charge in [-0.05, 0) is 24.6 Å². The van der Waals surface area contributed by atoms with Gasteiger partial charge in [0.15, 0.2) is 5.69 Å². The normalized spacial score (nSPS) is 10.5. The van der Waals surface area contributed by atoms with Gasteiger partial charge in [0.1, 0.15) is 11.6 Å². The number of benzene rings is 1. The molecule has 0 atom stereocenters. The number of aromatic nitrogens is 2. The van der Waals surface area contributed by atoms with Crippen LogP contribution in [0.15, 0.2) is 28.7 Å². The number of nitrogens with zero attached hydrogens (tertiary/aromatic N) is 2. The summed E-state index contributed by atoms with van der Waals surface area (Å²) in [6.07, 6.45) is 0. The minimum Gasteiger partial charge on any atom is -0.461 e. The highest BCUT2D eigenvalue weighted by molar-refractivity contribution is 6.30. The molecule has 3 aromatic rings. The average molecular weight is 343 g/mol. The van der Waals surface area contributed by atoms with Crippen LogP contribution in [0.25, 0.3) is 22.2 Å². The standard InChI is InChI=1S/C16H11ClN4O3/c1-2-23-16(22)13-12-11(8-3-5-9(17)6-4-8)10(7-18)14(19)24-15(12)21-20-13/h3-6,19H,2H2,1H3,(H,20,21). The lowest BCUT2D eigenvalue weighted by atomic mass is 9.98. The maximum atomic E-state index is 12.2. The number of nitriles is 1. The van der Waals surface area contributed by atoms with Crippen LogP contribution in [-0.4, -0.2) is 22.8 Å². The first-order valence-electron chi connectivity index (χ1n) is 6.99. The van der Waals surface area contributed by atoms with Gasteiger partial charge >= 0.3 is 5.97 Å². The van der Waals surface area contributed by atoms with E-state index in [4.69, 9.17) is 26.2 Å². The topological polar surface area (TPSA) is 116 Å². The zero-order valence-electron chi connectivity index (χ0n) is 12.5. The first-order valence-corrected chi connectivity index (χ1v) is 7.37. The second-order valence-electron chi connectivity index (χ2n) is 4.80. The fourth-order valence-corrected chi connectivity index (χ4v) is 2.51. The van der Waals surface area contributed by atoms with Crippen LogP contribution >= 0.6 is 11.6 Å². The predicted octanol–water partition coefficient (Wildman–Crippen LogP) is 3.00. The summed E-state index contributed by atoms with van der Waals surface area (Å²) in [5.74, 6) is -0.618. The largest absolute Gasteiger partial charge is 0.461 e. The SMILES string of the molecule is CCOC(=O)c1[nH]nc2oc(=N)c(C#N)c(-c3ccc(Cl)cc3)c12. The fraction of sp³-hybridized carbons (Fsp3) is 0.125. The minimum absolute atomic E-state index is 0.00299. The van der Waals surface area contributed by atoms with E-state index in [0.29, 0.717) is 21.5 Å². The number of H-pyrrole nitrogens is 1. The van der Waals surface area contributed by atoms with E-state index in [1.165, 1.54) is 0 Å².